The predicted molar refractivity (Wildman–Crippen MR) is 227 cm³/mol. The van der Waals surface area contributed by atoms with Crippen LogP contribution >= 0.6 is 0 Å². The summed E-state index contributed by atoms with van der Waals surface area (Å²) in [6.45, 7) is 15.4. The molecule has 0 aliphatic heterocycles. The van der Waals surface area contributed by atoms with Crippen LogP contribution in [0.4, 0.5) is 9.59 Å². The number of alkyl carbamates (subject to hydrolysis) is 2. The van der Waals surface area contributed by atoms with E-state index >= 15 is 0 Å². The molecule has 1 saturated carbocycles. The molecule has 1 aromatic rings. The second-order valence-electron chi connectivity index (χ2n) is 18.0. The number of rotatable bonds is 25. The summed E-state index contributed by atoms with van der Waals surface area (Å²) in [6, 6.07) is 6.86. The first-order valence-electron chi connectivity index (χ1n) is 21.9. The highest BCUT2D eigenvalue weighted by Crippen LogP contribution is 2.30. The molecule has 0 saturated heterocycles. The third-order valence-electron chi connectivity index (χ3n) is 10.4. The third kappa shape index (κ3) is 22.3. The van der Waals surface area contributed by atoms with Crippen LogP contribution in [0.5, 0.6) is 0 Å². The molecule has 1 aliphatic carbocycles. The molecule has 6 N–H and O–H groups in total. The van der Waals surface area contributed by atoms with Crippen molar-refractivity contribution >= 4 is 30.0 Å². The lowest BCUT2D eigenvalue weighted by Gasteiger charge is -2.33. The van der Waals surface area contributed by atoms with Crippen LogP contribution in [0.25, 0.3) is 0 Å². The summed E-state index contributed by atoms with van der Waals surface area (Å²) in [5.74, 6) is -1.76. The van der Waals surface area contributed by atoms with Gasteiger partial charge in [-0.3, -0.25) is 14.4 Å². The molecular weight excluding hydrogens is 757 g/mol. The van der Waals surface area contributed by atoms with Crippen molar-refractivity contribution in [1.82, 2.24) is 21.3 Å². The molecule has 0 spiro atoms. The van der Waals surface area contributed by atoms with Crippen molar-refractivity contribution in [3.8, 4) is 0 Å². The molecule has 4 amide bonds. The Kier molecular flexibility index (Phi) is 23.5. The Labute approximate surface area is 353 Å². The molecular formula is C45H76N4O10. The van der Waals surface area contributed by atoms with E-state index in [1.165, 1.54) is 0 Å². The molecule has 6 atom stereocenters. The van der Waals surface area contributed by atoms with Crippen LogP contribution in [0.15, 0.2) is 30.3 Å². The van der Waals surface area contributed by atoms with E-state index in [9.17, 15) is 34.2 Å². The molecule has 2 rings (SSSR count). The monoisotopic (exact) mass is 833 g/mol. The number of aliphatic hydroxyl groups is 2. The van der Waals surface area contributed by atoms with Crippen LogP contribution in [-0.4, -0.2) is 89.3 Å². The Morgan fingerprint density at radius 1 is 0.763 bits per heavy atom. The maximum atomic E-state index is 14.2. The Balaban J connectivity index is 2.25. The smallest absolute Gasteiger partial charge is 0.407 e. The van der Waals surface area contributed by atoms with Crippen molar-refractivity contribution in [1.29, 1.82) is 0 Å². The van der Waals surface area contributed by atoms with Gasteiger partial charge in [-0.05, 0) is 96.0 Å². The molecule has 0 heterocycles. The van der Waals surface area contributed by atoms with Crippen LogP contribution < -0.4 is 21.3 Å². The van der Waals surface area contributed by atoms with Gasteiger partial charge in [0.05, 0.1) is 37.3 Å². The SMILES string of the molecule is CCOC(=O)C[C@H](O)[C@H](CC(C)C)NC(=O)[C@H](CCCCNC(=O)OCc1ccccc1)NC(=O)[C@H](CC(C)C)C[C@H](O)[C@H](CC1CCCCC1)NC(=O)OC(C)(C)C. The molecule has 1 fully saturated rings. The lowest BCUT2D eigenvalue weighted by molar-refractivity contribution is -0.146. The second kappa shape index (κ2) is 27.0. The number of hydrogen-bond acceptors (Lipinski definition) is 10. The standard InChI is InChI=1S/C45H76N4O10/c1-9-57-40(52)28-39(51)36(25-31(4)5)48-42(54)35(22-16-17-23-46-43(55)58-29-33-20-14-11-15-21-33)47-41(53)34(24-30(2)3)27-38(50)37(26-32-18-12-10-13-19-32)49-44(56)59-45(6,7)8/h11,14-15,20-21,30-32,34-39,50-51H,9-10,12-13,16-19,22-29H2,1-8H3,(H,46,55)(H,47,53)(H,48,54)(H,49,56)/t34-,35+,36+,37+,38+,39+/m1/s1. The first-order chi connectivity index (χ1) is 27.9. The summed E-state index contributed by atoms with van der Waals surface area (Å²) >= 11 is 0. The van der Waals surface area contributed by atoms with Gasteiger partial charge < -0.3 is 45.7 Å². The molecule has 1 aliphatic rings. The first kappa shape index (κ1) is 51.2. The zero-order chi connectivity index (χ0) is 44.0. The Hall–Kier alpha value is -3.91. The van der Waals surface area contributed by atoms with Crippen LogP contribution in [-0.2, 0) is 35.2 Å². The normalized spacial score (nSPS) is 16.5. The van der Waals surface area contributed by atoms with Crippen LogP contribution in [0.2, 0.25) is 0 Å². The molecule has 0 bridgehead atoms. The van der Waals surface area contributed by atoms with E-state index in [1.807, 2.05) is 58.0 Å². The maximum absolute atomic E-state index is 14.2. The van der Waals surface area contributed by atoms with Gasteiger partial charge >= 0.3 is 18.2 Å². The average molecular weight is 833 g/mol. The van der Waals surface area contributed by atoms with E-state index in [0.717, 1.165) is 37.7 Å². The number of hydrogen-bond donors (Lipinski definition) is 6. The highest BCUT2D eigenvalue weighted by atomic mass is 16.6. The number of nitrogens with one attached hydrogen (secondary N) is 4. The molecule has 0 aromatic heterocycles. The molecule has 0 radical (unpaired) electrons. The van der Waals surface area contributed by atoms with Gasteiger partial charge in [0.2, 0.25) is 11.8 Å². The van der Waals surface area contributed by atoms with E-state index in [0.29, 0.717) is 38.0 Å². The van der Waals surface area contributed by atoms with Gasteiger partial charge in [-0.1, -0.05) is 90.1 Å². The fraction of sp³-hybridized carbons (Fsp3) is 0.756. The largest absolute Gasteiger partial charge is 0.466 e. The predicted octanol–water partition coefficient (Wildman–Crippen LogP) is 6.69. The number of esters is 1. The van der Waals surface area contributed by atoms with E-state index in [2.05, 4.69) is 21.3 Å². The van der Waals surface area contributed by atoms with Crippen molar-refractivity contribution in [2.75, 3.05) is 13.2 Å². The summed E-state index contributed by atoms with van der Waals surface area (Å²) < 4.78 is 15.9. The number of unbranched alkanes of at least 4 members (excludes halogenated alkanes) is 1. The number of carbonyl (C=O) groups excluding carboxylic acids is 5. The topological polar surface area (TPSA) is 202 Å². The Morgan fingerprint density at radius 2 is 1.42 bits per heavy atom. The van der Waals surface area contributed by atoms with Gasteiger partial charge in [0.1, 0.15) is 18.2 Å². The van der Waals surface area contributed by atoms with Crippen LogP contribution in [0.3, 0.4) is 0 Å². The van der Waals surface area contributed by atoms with Gasteiger partial charge in [0.25, 0.3) is 0 Å². The van der Waals surface area contributed by atoms with Crippen molar-refractivity contribution in [2.24, 2.45) is 23.7 Å². The lowest BCUT2D eigenvalue weighted by Crippen LogP contribution is -2.54. The Morgan fingerprint density at radius 3 is 2.03 bits per heavy atom. The molecule has 0 unspecified atom stereocenters. The fourth-order valence-corrected chi connectivity index (χ4v) is 7.52. The van der Waals surface area contributed by atoms with E-state index in [1.54, 1.807) is 27.7 Å². The van der Waals surface area contributed by atoms with Crippen LogP contribution in [0.1, 0.15) is 144 Å². The molecule has 14 nitrogen and oxygen atoms in total. The molecule has 336 valence electrons. The molecule has 59 heavy (non-hydrogen) atoms. The van der Waals surface area contributed by atoms with Crippen molar-refractivity contribution in [2.45, 2.75) is 181 Å². The van der Waals surface area contributed by atoms with Crippen LogP contribution in [0, 0.1) is 23.7 Å². The zero-order valence-corrected chi connectivity index (χ0v) is 37.1. The van der Waals surface area contributed by atoms with Crippen molar-refractivity contribution in [3.63, 3.8) is 0 Å². The number of amides is 4. The summed E-state index contributed by atoms with van der Waals surface area (Å²) in [5.41, 5.74) is 0.128. The zero-order valence-electron chi connectivity index (χ0n) is 37.1. The van der Waals surface area contributed by atoms with Gasteiger partial charge in [-0.25, -0.2) is 9.59 Å². The van der Waals surface area contributed by atoms with Gasteiger partial charge in [-0.15, -0.1) is 0 Å². The average Bonchev–Trinajstić information content (AvgIpc) is 3.15. The Bertz CT molecular complexity index is 1400. The highest BCUT2D eigenvalue weighted by molar-refractivity contribution is 5.88. The summed E-state index contributed by atoms with van der Waals surface area (Å²) in [4.78, 5) is 65.8. The van der Waals surface area contributed by atoms with Crippen molar-refractivity contribution in [3.05, 3.63) is 35.9 Å². The van der Waals surface area contributed by atoms with Crippen molar-refractivity contribution < 1.29 is 48.4 Å². The van der Waals surface area contributed by atoms with Gasteiger partial charge in [-0.2, -0.15) is 0 Å². The minimum Gasteiger partial charge on any atom is -0.466 e. The minimum absolute atomic E-state index is 0.0504. The summed E-state index contributed by atoms with van der Waals surface area (Å²) in [6.07, 6.45) is 4.10. The van der Waals surface area contributed by atoms with Gasteiger partial charge in [0.15, 0.2) is 0 Å². The van der Waals surface area contributed by atoms with E-state index in [-0.39, 0.29) is 50.9 Å². The summed E-state index contributed by atoms with van der Waals surface area (Å²) in [7, 11) is 0. The third-order valence-corrected chi connectivity index (χ3v) is 10.4. The number of ether oxygens (including phenoxy) is 3. The molecule has 1 aromatic carbocycles. The molecule has 14 heteroatoms. The maximum Gasteiger partial charge on any atom is 0.407 e. The minimum atomic E-state index is -1.22. The second-order valence-corrected chi connectivity index (χ2v) is 18.0. The number of carbonyl (C=O) groups is 5. The summed E-state index contributed by atoms with van der Waals surface area (Å²) in [5, 5.41) is 34.3. The van der Waals surface area contributed by atoms with E-state index < -0.39 is 71.8 Å². The quantitative estimate of drug-likeness (QED) is 0.0350. The van der Waals surface area contributed by atoms with Gasteiger partial charge in [0, 0.05) is 12.5 Å². The lowest BCUT2D eigenvalue weighted by atomic mass is 9.81. The van der Waals surface area contributed by atoms with E-state index in [4.69, 9.17) is 14.2 Å². The highest BCUT2D eigenvalue weighted by Gasteiger charge is 2.34. The number of benzene rings is 1. The fourth-order valence-electron chi connectivity index (χ4n) is 7.52. The first-order valence-corrected chi connectivity index (χ1v) is 21.9. The number of aliphatic hydroxyl groups excluding tert-OH is 2.